The molecule has 100 valence electrons. The van der Waals surface area contributed by atoms with Gasteiger partial charge in [0.25, 0.3) is 0 Å². The van der Waals surface area contributed by atoms with E-state index in [1.165, 1.54) is 5.56 Å². The number of ether oxygens (including phenoxy) is 1. The van der Waals surface area contributed by atoms with Crippen molar-refractivity contribution in [1.29, 1.82) is 0 Å². The highest BCUT2D eigenvalue weighted by molar-refractivity contribution is 5.47. The molecule has 3 heteroatoms. The summed E-state index contributed by atoms with van der Waals surface area (Å²) < 4.78 is 5.15. The fourth-order valence-corrected chi connectivity index (χ4v) is 1.95. The molecule has 0 saturated heterocycles. The van der Waals surface area contributed by atoms with Crippen molar-refractivity contribution >= 4 is 5.69 Å². The number of hydrogen-bond donors (Lipinski definition) is 1. The van der Waals surface area contributed by atoms with E-state index in [0.29, 0.717) is 0 Å². The Morgan fingerprint density at radius 1 is 0.947 bits per heavy atom. The van der Waals surface area contributed by atoms with Gasteiger partial charge in [0, 0.05) is 19.3 Å². The number of rotatable bonds is 5. The molecule has 0 bridgehead atoms. The summed E-state index contributed by atoms with van der Waals surface area (Å²) in [5.41, 5.74) is 3.30. The summed E-state index contributed by atoms with van der Waals surface area (Å²) in [7, 11) is 3.72. The van der Waals surface area contributed by atoms with Gasteiger partial charge in [-0.05, 0) is 35.4 Å². The molecule has 0 aliphatic carbocycles. The summed E-state index contributed by atoms with van der Waals surface area (Å²) in [6, 6.07) is 16.0. The van der Waals surface area contributed by atoms with E-state index in [9.17, 15) is 0 Å². The molecule has 3 nitrogen and oxygen atoms in total. The van der Waals surface area contributed by atoms with E-state index >= 15 is 0 Å². The van der Waals surface area contributed by atoms with Crippen molar-refractivity contribution < 1.29 is 9.84 Å². The number of aliphatic hydroxyl groups is 1. The Hall–Kier alpha value is -2.00. The summed E-state index contributed by atoms with van der Waals surface area (Å²) in [6.07, 6.45) is 0. The van der Waals surface area contributed by atoms with Crippen LogP contribution in [0.3, 0.4) is 0 Å². The minimum atomic E-state index is 0.0858. The summed E-state index contributed by atoms with van der Waals surface area (Å²) in [5.74, 6) is 0.874. The lowest BCUT2D eigenvalue weighted by molar-refractivity contribution is 0.282. The molecule has 0 atom stereocenters. The maximum atomic E-state index is 9.03. The highest BCUT2D eigenvalue weighted by Gasteiger charge is 2.02. The molecule has 0 heterocycles. The zero-order valence-electron chi connectivity index (χ0n) is 11.3. The quantitative estimate of drug-likeness (QED) is 0.894. The van der Waals surface area contributed by atoms with Gasteiger partial charge in [0.15, 0.2) is 0 Å². The van der Waals surface area contributed by atoms with Crippen LogP contribution in [-0.4, -0.2) is 19.3 Å². The third kappa shape index (κ3) is 3.48. The third-order valence-electron chi connectivity index (χ3n) is 3.14. The first-order valence-corrected chi connectivity index (χ1v) is 6.27. The van der Waals surface area contributed by atoms with Gasteiger partial charge in [-0.1, -0.05) is 24.3 Å². The lowest BCUT2D eigenvalue weighted by Gasteiger charge is -2.19. The van der Waals surface area contributed by atoms with Crippen molar-refractivity contribution in [1.82, 2.24) is 0 Å². The maximum Gasteiger partial charge on any atom is 0.118 e. The molecule has 0 amide bonds. The second-order valence-electron chi connectivity index (χ2n) is 4.53. The van der Waals surface area contributed by atoms with E-state index in [0.717, 1.165) is 23.5 Å². The molecule has 2 aromatic carbocycles. The van der Waals surface area contributed by atoms with Crippen molar-refractivity contribution in [3.8, 4) is 5.75 Å². The Morgan fingerprint density at radius 2 is 1.53 bits per heavy atom. The second-order valence-corrected chi connectivity index (χ2v) is 4.53. The largest absolute Gasteiger partial charge is 0.497 e. The van der Waals surface area contributed by atoms with E-state index in [2.05, 4.69) is 24.1 Å². The molecule has 0 aliphatic heterocycles. The van der Waals surface area contributed by atoms with Crippen LogP contribution in [-0.2, 0) is 13.2 Å². The first kappa shape index (κ1) is 13.4. The van der Waals surface area contributed by atoms with Crippen LogP contribution < -0.4 is 9.64 Å². The maximum absolute atomic E-state index is 9.03. The third-order valence-corrected chi connectivity index (χ3v) is 3.14. The van der Waals surface area contributed by atoms with Gasteiger partial charge in [0.2, 0.25) is 0 Å². The number of benzene rings is 2. The SMILES string of the molecule is COc1ccc(CN(C)c2ccc(CO)cc2)cc1. The lowest BCUT2D eigenvalue weighted by atomic mass is 10.1. The summed E-state index contributed by atoms with van der Waals surface area (Å²) in [5, 5.41) is 9.03. The lowest BCUT2D eigenvalue weighted by Crippen LogP contribution is -2.16. The topological polar surface area (TPSA) is 32.7 Å². The molecule has 1 N–H and O–H groups in total. The van der Waals surface area contributed by atoms with Crippen LogP contribution in [0.2, 0.25) is 0 Å². The molecule has 0 aliphatic rings. The first-order chi connectivity index (χ1) is 9.22. The van der Waals surface area contributed by atoms with Crippen LogP contribution in [0.15, 0.2) is 48.5 Å². The Bertz CT molecular complexity index is 505. The molecule has 0 fully saturated rings. The minimum absolute atomic E-state index is 0.0858. The predicted molar refractivity (Wildman–Crippen MR) is 77.5 cm³/mol. The van der Waals surface area contributed by atoms with Gasteiger partial charge in [-0.2, -0.15) is 0 Å². The van der Waals surface area contributed by atoms with Gasteiger partial charge < -0.3 is 14.7 Å². The molecule has 0 saturated carbocycles. The molecular formula is C16H19NO2. The van der Waals surface area contributed by atoms with Gasteiger partial charge in [0.1, 0.15) is 5.75 Å². The zero-order valence-corrected chi connectivity index (χ0v) is 11.3. The van der Waals surface area contributed by atoms with Crippen LogP contribution in [0.5, 0.6) is 5.75 Å². The molecular weight excluding hydrogens is 238 g/mol. The molecule has 0 spiro atoms. The average molecular weight is 257 g/mol. The molecule has 0 radical (unpaired) electrons. The molecule has 19 heavy (non-hydrogen) atoms. The fourth-order valence-electron chi connectivity index (χ4n) is 1.95. The van der Waals surface area contributed by atoms with Crippen LogP contribution in [0.4, 0.5) is 5.69 Å². The van der Waals surface area contributed by atoms with Crippen LogP contribution in [0, 0.1) is 0 Å². The molecule has 2 aromatic rings. The van der Waals surface area contributed by atoms with Gasteiger partial charge in [-0.3, -0.25) is 0 Å². The highest BCUT2D eigenvalue weighted by atomic mass is 16.5. The van der Waals surface area contributed by atoms with E-state index < -0.39 is 0 Å². The second kappa shape index (κ2) is 6.25. The van der Waals surface area contributed by atoms with Crippen molar-refractivity contribution in [2.75, 3.05) is 19.1 Å². The molecule has 0 unspecified atom stereocenters. The smallest absolute Gasteiger partial charge is 0.118 e. The number of aliphatic hydroxyl groups excluding tert-OH is 1. The average Bonchev–Trinajstić information content (AvgIpc) is 2.48. The van der Waals surface area contributed by atoms with Crippen molar-refractivity contribution in [3.05, 3.63) is 59.7 Å². The highest BCUT2D eigenvalue weighted by Crippen LogP contribution is 2.18. The number of nitrogens with zero attached hydrogens (tertiary/aromatic N) is 1. The minimum Gasteiger partial charge on any atom is -0.497 e. The van der Waals surface area contributed by atoms with Gasteiger partial charge >= 0.3 is 0 Å². The van der Waals surface area contributed by atoms with Gasteiger partial charge in [-0.15, -0.1) is 0 Å². The van der Waals surface area contributed by atoms with Crippen LogP contribution in [0.1, 0.15) is 11.1 Å². The Kier molecular flexibility index (Phi) is 4.42. The molecule has 2 rings (SSSR count). The van der Waals surface area contributed by atoms with Crippen LogP contribution in [0.25, 0.3) is 0 Å². The summed E-state index contributed by atoms with van der Waals surface area (Å²) >= 11 is 0. The van der Waals surface area contributed by atoms with E-state index in [1.54, 1.807) is 7.11 Å². The Morgan fingerprint density at radius 3 is 2.05 bits per heavy atom. The van der Waals surface area contributed by atoms with Crippen molar-refractivity contribution in [2.24, 2.45) is 0 Å². The Balaban J connectivity index is 2.04. The standard InChI is InChI=1S/C16H19NO2/c1-17(15-7-3-14(12-18)4-8-15)11-13-5-9-16(19-2)10-6-13/h3-10,18H,11-12H2,1-2H3. The number of anilines is 1. The monoisotopic (exact) mass is 257 g/mol. The van der Waals surface area contributed by atoms with Gasteiger partial charge in [0.05, 0.1) is 13.7 Å². The van der Waals surface area contributed by atoms with Crippen LogP contribution >= 0.6 is 0 Å². The summed E-state index contributed by atoms with van der Waals surface area (Å²) in [6.45, 7) is 0.922. The Labute approximate surface area is 114 Å². The van der Waals surface area contributed by atoms with E-state index in [4.69, 9.17) is 9.84 Å². The van der Waals surface area contributed by atoms with Gasteiger partial charge in [-0.25, -0.2) is 0 Å². The predicted octanol–water partition coefficient (Wildman–Crippen LogP) is 2.82. The van der Waals surface area contributed by atoms with E-state index in [-0.39, 0.29) is 6.61 Å². The fraction of sp³-hybridized carbons (Fsp3) is 0.250. The summed E-state index contributed by atoms with van der Waals surface area (Å²) in [4.78, 5) is 2.17. The van der Waals surface area contributed by atoms with Crippen molar-refractivity contribution in [2.45, 2.75) is 13.2 Å². The van der Waals surface area contributed by atoms with Crippen molar-refractivity contribution in [3.63, 3.8) is 0 Å². The zero-order chi connectivity index (χ0) is 13.7. The normalized spacial score (nSPS) is 10.3. The number of methoxy groups -OCH3 is 1. The number of hydrogen-bond acceptors (Lipinski definition) is 3. The first-order valence-electron chi connectivity index (χ1n) is 6.27. The van der Waals surface area contributed by atoms with E-state index in [1.807, 2.05) is 36.4 Å². The molecule has 0 aromatic heterocycles.